The van der Waals surface area contributed by atoms with E-state index < -0.39 is 0 Å². The summed E-state index contributed by atoms with van der Waals surface area (Å²) in [6.07, 6.45) is 1.79. The molecule has 6 aromatic carbocycles. The number of hydrogen-bond donors (Lipinski definition) is 0. The van der Waals surface area contributed by atoms with Crippen molar-refractivity contribution in [3.05, 3.63) is 157 Å². The normalized spacial score (nSPS) is 12.6. The van der Waals surface area contributed by atoms with Gasteiger partial charge in [-0.1, -0.05) is 121 Å². The van der Waals surface area contributed by atoms with Gasteiger partial charge in [-0.25, -0.2) is 4.98 Å². The molecule has 0 saturated carbocycles. The molecule has 2 aromatic heterocycles. The van der Waals surface area contributed by atoms with Crippen LogP contribution in [0, 0.1) is 0 Å². The van der Waals surface area contributed by atoms with Crippen LogP contribution in [0.2, 0.25) is 0 Å². The second-order valence-electron chi connectivity index (χ2n) is 11.6. The van der Waals surface area contributed by atoms with Gasteiger partial charge < -0.3 is 4.42 Å². The van der Waals surface area contributed by atoms with Crippen LogP contribution in [0.5, 0.6) is 0 Å². The predicted molar refractivity (Wildman–Crippen MR) is 186 cm³/mol. The van der Waals surface area contributed by atoms with E-state index >= 15 is 0 Å². The summed E-state index contributed by atoms with van der Waals surface area (Å²) in [6, 6.07) is 50.2. The molecule has 1 aliphatic heterocycles. The molecule has 9 rings (SSSR count). The van der Waals surface area contributed by atoms with Crippen molar-refractivity contribution in [3.8, 4) is 33.9 Å². The van der Waals surface area contributed by atoms with E-state index in [1.54, 1.807) is 0 Å². The average Bonchev–Trinajstić information content (AvgIpc) is 3.43. The summed E-state index contributed by atoms with van der Waals surface area (Å²) in [7, 11) is 0. The van der Waals surface area contributed by atoms with E-state index in [4.69, 9.17) is 19.4 Å². The van der Waals surface area contributed by atoms with Gasteiger partial charge in [-0.15, -0.1) is 0 Å². The minimum atomic E-state index is 0.593. The van der Waals surface area contributed by atoms with Crippen molar-refractivity contribution < 1.29 is 4.42 Å². The predicted octanol–water partition coefficient (Wildman–Crippen LogP) is 10.3. The van der Waals surface area contributed by atoms with E-state index in [0.29, 0.717) is 17.6 Å². The molecule has 1 aliphatic rings. The summed E-state index contributed by atoms with van der Waals surface area (Å²) in [6.45, 7) is 0. The molecule has 0 bridgehead atoms. The molecule has 5 heteroatoms. The van der Waals surface area contributed by atoms with Gasteiger partial charge in [0.1, 0.15) is 11.2 Å². The number of fused-ring (bicyclic) bond motifs is 5. The van der Waals surface area contributed by atoms with Gasteiger partial charge in [0.15, 0.2) is 11.6 Å². The quantitative estimate of drug-likeness (QED) is 0.203. The molecular formula is C41H28N4O. The van der Waals surface area contributed by atoms with Gasteiger partial charge in [-0.3, -0.25) is 4.90 Å². The van der Waals surface area contributed by atoms with Crippen LogP contribution in [-0.2, 0) is 12.8 Å². The fourth-order valence-electron chi connectivity index (χ4n) is 6.60. The SMILES string of the molecule is c1ccc(-c2nc(-c3ccccc3)nc(N3c4ccccc4CCc4cc(-c5cccc6c5oc5ccccc56)ccc43)n2)cc1. The van der Waals surface area contributed by atoms with Crippen molar-refractivity contribution in [1.29, 1.82) is 0 Å². The largest absolute Gasteiger partial charge is 0.455 e. The Morgan fingerprint density at radius 2 is 1.11 bits per heavy atom. The fourth-order valence-corrected chi connectivity index (χ4v) is 6.60. The van der Waals surface area contributed by atoms with Gasteiger partial charge in [0, 0.05) is 27.5 Å². The Morgan fingerprint density at radius 3 is 1.89 bits per heavy atom. The van der Waals surface area contributed by atoms with Crippen molar-refractivity contribution in [2.75, 3.05) is 4.90 Å². The zero-order chi connectivity index (χ0) is 30.5. The molecule has 0 fully saturated rings. The highest BCUT2D eigenvalue weighted by molar-refractivity contribution is 6.09. The Bertz CT molecular complexity index is 2320. The molecule has 0 amide bonds. The van der Waals surface area contributed by atoms with Gasteiger partial charge in [-0.05, 0) is 53.8 Å². The summed E-state index contributed by atoms with van der Waals surface area (Å²) < 4.78 is 6.42. The maximum Gasteiger partial charge on any atom is 0.238 e. The molecule has 0 saturated heterocycles. The lowest BCUT2D eigenvalue weighted by Crippen LogP contribution is -2.16. The van der Waals surface area contributed by atoms with E-state index in [1.165, 1.54) is 11.1 Å². The van der Waals surface area contributed by atoms with Gasteiger partial charge >= 0.3 is 0 Å². The van der Waals surface area contributed by atoms with Crippen LogP contribution >= 0.6 is 0 Å². The zero-order valence-electron chi connectivity index (χ0n) is 25.0. The lowest BCUT2D eigenvalue weighted by Gasteiger charge is -2.26. The number of aromatic nitrogens is 3. The first-order valence-corrected chi connectivity index (χ1v) is 15.6. The second-order valence-corrected chi connectivity index (χ2v) is 11.6. The molecule has 0 atom stereocenters. The molecule has 218 valence electrons. The summed E-state index contributed by atoms with van der Waals surface area (Å²) in [4.78, 5) is 17.4. The van der Waals surface area contributed by atoms with E-state index in [2.05, 4.69) is 77.7 Å². The van der Waals surface area contributed by atoms with E-state index in [1.807, 2.05) is 72.8 Å². The Morgan fingerprint density at radius 1 is 0.478 bits per heavy atom. The highest BCUT2D eigenvalue weighted by atomic mass is 16.3. The Kier molecular flexibility index (Phi) is 6.20. The van der Waals surface area contributed by atoms with Crippen LogP contribution in [-0.4, -0.2) is 15.0 Å². The van der Waals surface area contributed by atoms with Crippen molar-refractivity contribution >= 4 is 39.3 Å². The molecule has 8 aromatic rings. The standard InChI is InChI=1S/C41H28N4O/c1-3-13-28(14-4-1)39-42-40(29-15-5-2-6-16-29)44-41(43-39)45-35-20-9-7-12-27(35)22-23-31-26-30(24-25-36(31)45)32-18-11-19-34-33-17-8-10-21-37(33)46-38(32)34/h1-21,24-26H,22-23H2. The molecule has 0 N–H and O–H groups in total. The number of benzene rings is 6. The Labute approximate surface area is 266 Å². The molecule has 46 heavy (non-hydrogen) atoms. The molecular weight excluding hydrogens is 564 g/mol. The number of anilines is 3. The highest BCUT2D eigenvalue weighted by Gasteiger charge is 2.26. The summed E-state index contributed by atoms with van der Waals surface area (Å²) in [5.74, 6) is 1.87. The van der Waals surface area contributed by atoms with E-state index in [9.17, 15) is 0 Å². The van der Waals surface area contributed by atoms with Gasteiger partial charge in [0.2, 0.25) is 5.95 Å². The number of furan rings is 1. The smallest absolute Gasteiger partial charge is 0.238 e. The van der Waals surface area contributed by atoms with Gasteiger partial charge in [-0.2, -0.15) is 9.97 Å². The lowest BCUT2D eigenvalue weighted by molar-refractivity contribution is 0.670. The molecule has 3 heterocycles. The topological polar surface area (TPSA) is 55.1 Å². The van der Waals surface area contributed by atoms with E-state index in [-0.39, 0.29) is 0 Å². The summed E-state index contributed by atoms with van der Waals surface area (Å²) >= 11 is 0. The van der Waals surface area contributed by atoms with Crippen molar-refractivity contribution in [1.82, 2.24) is 15.0 Å². The molecule has 0 unspecified atom stereocenters. The Balaban J connectivity index is 1.25. The first kappa shape index (κ1) is 26.3. The first-order valence-electron chi connectivity index (χ1n) is 15.6. The number of hydrogen-bond acceptors (Lipinski definition) is 5. The van der Waals surface area contributed by atoms with Crippen LogP contribution in [0.1, 0.15) is 11.1 Å². The maximum absolute atomic E-state index is 6.42. The third kappa shape index (κ3) is 4.44. The monoisotopic (exact) mass is 592 g/mol. The number of para-hydroxylation sites is 3. The molecule has 0 spiro atoms. The van der Waals surface area contributed by atoms with E-state index in [0.717, 1.165) is 68.4 Å². The zero-order valence-corrected chi connectivity index (χ0v) is 25.0. The average molecular weight is 593 g/mol. The second kappa shape index (κ2) is 10.8. The minimum absolute atomic E-state index is 0.593. The lowest BCUT2D eigenvalue weighted by atomic mass is 9.97. The van der Waals surface area contributed by atoms with Crippen molar-refractivity contribution in [3.63, 3.8) is 0 Å². The van der Waals surface area contributed by atoms with Crippen molar-refractivity contribution in [2.24, 2.45) is 0 Å². The maximum atomic E-state index is 6.42. The molecule has 5 nitrogen and oxygen atoms in total. The minimum Gasteiger partial charge on any atom is -0.455 e. The number of rotatable bonds is 4. The highest BCUT2D eigenvalue weighted by Crippen LogP contribution is 2.43. The Hall–Kier alpha value is -6.07. The number of aryl methyl sites for hydroxylation is 2. The van der Waals surface area contributed by atoms with Crippen LogP contribution < -0.4 is 4.90 Å². The van der Waals surface area contributed by atoms with Crippen LogP contribution in [0.4, 0.5) is 17.3 Å². The van der Waals surface area contributed by atoms with Crippen LogP contribution in [0.15, 0.2) is 150 Å². The third-order valence-electron chi connectivity index (χ3n) is 8.82. The first-order chi connectivity index (χ1) is 22.8. The summed E-state index contributed by atoms with van der Waals surface area (Å²) in [5, 5.41) is 2.26. The fraction of sp³-hybridized carbons (Fsp3) is 0.0488. The molecule has 0 aliphatic carbocycles. The van der Waals surface area contributed by atoms with Gasteiger partial charge in [0.05, 0.1) is 11.4 Å². The van der Waals surface area contributed by atoms with Crippen molar-refractivity contribution in [2.45, 2.75) is 12.8 Å². The summed E-state index contributed by atoms with van der Waals surface area (Å²) in [5.41, 5.74) is 10.5. The van der Waals surface area contributed by atoms with Crippen LogP contribution in [0.3, 0.4) is 0 Å². The number of nitrogens with zero attached hydrogens (tertiary/aromatic N) is 4. The molecule has 0 radical (unpaired) electrons. The van der Waals surface area contributed by atoms with Crippen LogP contribution in [0.25, 0.3) is 55.8 Å². The van der Waals surface area contributed by atoms with Gasteiger partial charge in [0.25, 0.3) is 0 Å². The third-order valence-corrected chi connectivity index (χ3v) is 8.82.